The zero-order valence-electron chi connectivity index (χ0n) is 18.1. The Labute approximate surface area is 186 Å². The van der Waals surface area contributed by atoms with Crippen LogP contribution in [0.2, 0.25) is 0 Å². The molecule has 0 bridgehead atoms. The number of hydrogen-bond donors (Lipinski definition) is 2. The van der Waals surface area contributed by atoms with Gasteiger partial charge in [0.2, 0.25) is 0 Å². The fraction of sp³-hybridized carbons (Fsp3) is 0.375. The Morgan fingerprint density at radius 1 is 1.03 bits per heavy atom. The summed E-state index contributed by atoms with van der Waals surface area (Å²) in [5, 5.41) is 6.77. The molecule has 0 unspecified atom stereocenters. The second-order valence-corrected chi connectivity index (χ2v) is 9.14. The second-order valence-electron chi connectivity index (χ2n) is 8.14. The van der Waals surface area contributed by atoms with Crippen molar-refractivity contribution in [1.82, 2.24) is 10.3 Å². The van der Waals surface area contributed by atoms with Gasteiger partial charge in [-0.05, 0) is 69.5 Å². The molecule has 2 aromatic heterocycles. The lowest BCUT2D eigenvalue weighted by Crippen LogP contribution is -2.36. The lowest BCUT2D eigenvalue weighted by atomic mass is 9.95. The molecule has 1 saturated carbocycles. The summed E-state index contributed by atoms with van der Waals surface area (Å²) in [6.07, 6.45) is 5.70. The molecule has 0 saturated heterocycles. The minimum atomic E-state index is -0.216. The molecule has 4 rings (SSSR count). The van der Waals surface area contributed by atoms with Gasteiger partial charge in [-0.2, -0.15) is 0 Å². The van der Waals surface area contributed by atoms with Crippen molar-refractivity contribution in [3.63, 3.8) is 0 Å². The van der Waals surface area contributed by atoms with Crippen molar-refractivity contribution < 1.29 is 14.0 Å². The number of carbonyl (C=O) groups is 2. The van der Waals surface area contributed by atoms with E-state index in [1.807, 2.05) is 39.0 Å². The molecule has 162 valence electrons. The summed E-state index contributed by atoms with van der Waals surface area (Å²) in [5.74, 6) is 1.20. The number of carbonyl (C=O) groups excluding carboxylic acids is 2. The monoisotopic (exact) mass is 437 g/mol. The highest BCUT2D eigenvalue weighted by Crippen LogP contribution is 2.30. The molecule has 1 fully saturated rings. The molecule has 7 heteroatoms. The van der Waals surface area contributed by atoms with Crippen molar-refractivity contribution in [3.8, 4) is 10.8 Å². The van der Waals surface area contributed by atoms with E-state index in [0.717, 1.165) is 24.2 Å². The Morgan fingerprint density at radius 2 is 1.81 bits per heavy atom. The zero-order chi connectivity index (χ0) is 22.0. The zero-order valence-corrected chi connectivity index (χ0v) is 18.9. The Hall–Kier alpha value is -2.93. The minimum Gasteiger partial charge on any atom is -0.459 e. The number of nitrogens with one attached hydrogen (secondary N) is 2. The largest absolute Gasteiger partial charge is 0.459 e. The summed E-state index contributed by atoms with van der Waals surface area (Å²) in [6, 6.07) is 9.37. The Morgan fingerprint density at radius 3 is 2.48 bits per heavy atom. The van der Waals surface area contributed by atoms with Crippen LogP contribution in [0.1, 0.15) is 69.2 Å². The van der Waals surface area contributed by atoms with E-state index >= 15 is 0 Å². The molecule has 2 amide bonds. The number of aryl methyl sites for hydroxylation is 3. The maximum Gasteiger partial charge on any atom is 0.267 e. The van der Waals surface area contributed by atoms with Crippen LogP contribution in [0, 0.1) is 20.8 Å². The first kappa shape index (κ1) is 21.3. The third-order valence-electron chi connectivity index (χ3n) is 5.63. The fourth-order valence-electron chi connectivity index (χ4n) is 3.90. The summed E-state index contributed by atoms with van der Waals surface area (Å²) < 4.78 is 5.62. The van der Waals surface area contributed by atoms with E-state index in [0.29, 0.717) is 32.6 Å². The number of nitrogens with zero attached hydrogens (tertiary/aromatic N) is 1. The standard InChI is InChI=1S/C24H27N3O3S/c1-14-13-17(22(28)26-18-7-5-4-6-8-18)10-11-19(14)27-23(29)21-16(3)25-24(31-21)20-12-9-15(2)30-20/h9-13,18H,4-8H2,1-3H3,(H,26,28)(H,27,29). The average molecular weight is 438 g/mol. The Balaban J connectivity index is 1.45. The van der Waals surface area contributed by atoms with Gasteiger partial charge in [0.15, 0.2) is 10.8 Å². The average Bonchev–Trinajstić information content (AvgIpc) is 3.35. The van der Waals surface area contributed by atoms with Gasteiger partial charge in [0.05, 0.1) is 5.69 Å². The van der Waals surface area contributed by atoms with Crippen LogP contribution < -0.4 is 10.6 Å². The number of thiazole rings is 1. The Kier molecular flexibility index (Phi) is 6.23. The smallest absolute Gasteiger partial charge is 0.267 e. The van der Waals surface area contributed by atoms with Crippen LogP contribution in [0.3, 0.4) is 0 Å². The molecule has 0 atom stereocenters. The van der Waals surface area contributed by atoms with E-state index in [9.17, 15) is 9.59 Å². The molecule has 0 aliphatic heterocycles. The first-order valence-corrected chi connectivity index (χ1v) is 11.5. The topological polar surface area (TPSA) is 84.2 Å². The van der Waals surface area contributed by atoms with E-state index in [1.54, 1.807) is 12.1 Å². The summed E-state index contributed by atoms with van der Waals surface area (Å²) in [7, 11) is 0. The summed E-state index contributed by atoms with van der Waals surface area (Å²) in [6.45, 7) is 5.58. The molecular formula is C24H27N3O3S. The SMILES string of the molecule is Cc1ccc(-c2nc(C)c(C(=O)Nc3ccc(C(=O)NC4CCCCC4)cc3C)s2)o1. The van der Waals surface area contributed by atoms with Gasteiger partial charge in [-0.3, -0.25) is 9.59 Å². The number of rotatable bonds is 5. The van der Waals surface area contributed by atoms with Gasteiger partial charge in [-0.25, -0.2) is 4.98 Å². The number of aromatic nitrogens is 1. The predicted octanol–water partition coefficient (Wildman–Crippen LogP) is 5.64. The van der Waals surface area contributed by atoms with Gasteiger partial charge in [-0.15, -0.1) is 11.3 Å². The van der Waals surface area contributed by atoms with Crippen LogP contribution in [0.5, 0.6) is 0 Å². The maximum atomic E-state index is 12.9. The van der Waals surface area contributed by atoms with E-state index < -0.39 is 0 Å². The molecule has 0 radical (unpaired) electrons. The third kappa shape index (κ3) is 4.88. The minimum absolute atomic E-state index is 0.0513. The lowest BCUT2D eigenvalue weighted by Gasteiger charge is -2.23. The summed E-state index contributed by atoms with van der Waals surface area (Å²) >= 11 is 1.31. The van der Waals surface area contributed by atoms with Crippen LogP contribution in [0.25, 0.3) is 10.8 Å². The van der Waals surface area contributed by atoms with E-state index in [1.165, 1.54) is 30.6 Å². The first-order valence-electron chi connectivity index (χ1n) is 10.7. The maximum absolute atomic E-state index is 12.9. The molecule has 6 nitrogen and oxygen atoms in total. The van der Waals surface area contributed by atoms with Crippen LogP contribution >= 0.6 is 11.3 Å². The number of anilines is 1. The normalized spacial score (nSPS) is 14.4. The number of benzene rings is 1. The van der Waals surface area contributed by atoms with Crippen molar-refractivity contribution in [3.05, 3.63) is 57.8 Å². The van der Waals surface area contributed by atoms with Gasteiger partial charge in [0.25, 0.3) is 11.8 Å². The van der Waals surface area contributed by atoms with Crippen LogP contribution in [0.15, 0.2) is 34.7 Å². The lowest BCUT2D eigenvalue weighted by molar-refractivity contribution is 0.0927. The van der Waals surface area contributed by atoms with Gasteiger partial charge in [0.1, 0.15) is 10.6 Å². The summed E-state index contributed by atoms with van der Waals surface area (Å²) in [5.41, 5.74) is 2.80. The molecule has 2 N–H and O–H groups in total. The van der Waals surface area contributed by atoms with E-state index in [2.05, 4.69) is 15.6 Å². The molecule has 1 aromatic carbocycles. The molecule has 0 spiro atoms. The van der Waals surface area contributed by atoms with Crippen LogP contribution in [0.4, 0.5) is 5.69 Å². The molecule has 3 aromatic rings. The van der Waals surface area contributed by atoms with E-state index in [-0.39, 0.29) is 17.9 Å². The van der Waals surface area contributed by atoms with Crippen molar-refractivity contribution in [2.45, 2.75) is 58.9 Å². The third-order valence-corrected chi connectivity index (χ3v) is 6.80. The summed E-state index contributed by atoms with van der Waals surface area (Å²) in [4.78, 5) is 30.5. The van der Waals surface area contributed by atoms with Gasteiger partial charge in [0, 0.05) is 17.3 Å². The van der Waals surface area contributed by atoms with Crippen LogP contribution in [-0.4, -0.2) is 22.8 Å². The number of furan rings is 1. The Bertz CT molecular complexity index is 1110. The van der Waals surface area contributed by atoms with Gasteiger partial charge < -0.3 is 15.1 Å². The van der Waals surface area contributed by atoms with Gasteiger partial charge >= 0.3 is 0 Å². The van der Waals surface area contributed by atoms with Crippen molar-refractivity contribution in [1.29, 1.82) is 0 Å². The molecular weight excluding hydrogens is 410 g/mol. The fourth-order valence-corrected chi connectivity index (χ4v) is 4.83. The highest BCUT2D eigenvalue weighted by molar-refractivity contribution is 7.17. The molecule has 31 heavy (non-hydrogen) atoms. The predicted molar refractivity (Wildman–Crippen MR) is 123 cm³/mol. The highest BCUT2D eigenvalue weighted by atomic mass is 32.1. The molecule has 1 aliphatic carbocycles. The number of hydrogen-bond acceptors (Lipinski definition) is 5. The quantitative estimate of drug-likeness (QED) is 0.541. The molecule has 2 heterocycles. The second kappa shape index (κ2) is 9.06. The first-order chi connectivity index (χ1) is 14.9. The highest BCUT2D eigenvalue weighted by Gasteiger charge is 2.20. The van der Waals surface area contributed by atoms with E-state index in [4.69, 9.17) is 4.42 Å². The van der Waals surface area contributed by atoms with Crippen LogP contribution in [-0.2, 0) is 0 Å². The number of amides is 2. The van der Waals surface area contributed by atoms with Crippen molar-refractivity contribution in [2.75, 3.05) is 5.32 Å². The van der Waals surface area contributed by atoms with Crippen molar-refractivity contribution >= 4 is 28.8 Å². The van der Waals surface area contributed by atoms with Crippen molar-refractivity contribution in [2.24, 2.45) is 0 Å². The molecule has 1 aliphatic rings. The van der Waals surface area contributed by atoms with Gasteiger partial charge in [-0.1, -0.05) is 19.3 Å².